The fourth-order valence-electron chi connectivity index (χ4n) is 2.87. The number of aryl methyl sites for hydroxylation is 1. The van der Waals surface area contributed by atoms with Gasteiger partial charge in [-0.25, -0.2) is 0 Å². The Kier molecular flexibility index (Phi) is 4.08. The summed E-state index contributed by atoms with van der Waals surface area (Å²) in [6.07, 6.45) is 0.779. The third-order valence-electron chi connectivity index (χ3n) is 4.18. The second-order valence-corrected chi connectivity index (χ2v) is 5.87. The Hall–Kier alpha value is -2.38. The maximum absolute atomic E-state index is 6.91. The average Bonchev–Trinajstić information content (AvgIpc) is 2.58. The Morgan fingerprint density at radius 1 is 0.682 bits per heavy atom. The van der Waals surface area contributed by atoms with Crippen LogP contribution in [0.1, 0.15) is 22.3 Å². The van der Waals surface area contributed by atoms with E-state index in [0.29, 0.717) is 0 Å². The Bertz CT molecular complexity index is 675. The van der Waals surface area contributed by atoms with Crippen LogP contribution in [0, 0.1) is 6.92 Å². The van der Waals surface area contributed by atoms with Gasteiger partial charge in [0.2, 0.25) is 0 Å². The number of benzene rings is 3. The van der Waals surface area contributed by atoms with E-state index in [1.807, 2.05) is 12.1 Å². The quantitative estimate of drug-likeness (QED) is 0.754. The van der Waals surface area contributed by atoms with Crippen molar-refractivity contribution in [3.05, 3.63) is 107 Å². The van der Waals surface area contributed by atoms with Gasteiger partial charge in [0.25, 0.3) is 0 Å². The van der Waals surface area contributed by atoms with Crippen molar-refractivity contribution in [1.29, 1.82) is 0 Å². The molecule has 3 aromatic rings. The summed E-state index contributed by atoms with van der Waals surface area (Å²) in [5.41, 5.74) is 11.2. The van der Waals surface area contributed by atoms with Gasteiger partial charge >= 0.3 is 0 Å². The number of hydrogen-bond acceptors (Lipinski definition) is 1. The van der Waals surface area contributed by atoms with Gasteiger partial charge in [0.1, 0.15) is 0 Å². The summed E-state index contributed by atoms with van der Waals surface area (Å²) in [7, 11) is 0. The lowest BCUT2D eigenvalue weighted by Crippen LogP contribution is -2.40. The molecular weight excluding hydrogens is 266 g/mol. The van der Waals surface area contributed by atoms with Crippen molar-refractivity contribution in [3.63, 3.8) is 0 Å². The Morgan fingerprint density at radius 3 is 1.59 bits per heavy atom. The molecule has 110 valence electrons. The SMILES string of the molecule is Cc1ccc(CC(N)(c2ccccc2)c2ccccc2)cc1. The van der Waals surface area contributed by atoms with E-state index in [0.717, 1.165) is 17.5 Å². The zero-order valence-electron chi connectivity index (χ0n) is 12.9. The van der Waals surface area contributed by atoms with E-state index in [9.17, 15) is 0 Å². The van der Waals surface area contributed by atoms with E-state index >= 15 is 0 Å². The zero-order chi connectivity index (χ0) is 15.4. The van der Waals surface area contributed by atoms with E-state index < -0.39 is 5.54 Å². The lowest BCUT2D eigenvalue weighted by molar-refractivity contribution is 0.535. The highest BCUT2D eigenvalue weighted by Crippen LogP contribution is 2.30. The molecule has 1 heteroatoms. The molecule has 0 bridgehead atoms. The third kappa shape index (κ3) is 2.95. The average molecular weight is 287 g/mol. The van der Waals surface area contributed by atoms with Crippen molar-refractivity contribution in [3.8, 4) is 0 Å². The van der Waals surface area contributed by atoms with Crippen LogP contribution in [-0.2, 0) is 12.0 Å². The van der Waals surface area contributed by atoms with Crippen LogP contribution in [0.3, 0.4) is 0 Å². The van der Waals surface area contributed by atoms with Gasteiger partial charge in [-0.3, -0.25) is 0 Å². The van der Waals surface area contributed by atoms with E-state index in [1.54, 1.807) is 0 Å². The monoisotopic (exact) mass is 287 g/mol. The molecule has 1 nitrogen and oxygen atoms in total. The van der Waals surface area contributed by atoms with Crippen LogP contribution in [0.2, 0.25) is 0 Å². The molecule has 0 radical (unpaired) electrons. The molecule has 0 saturated heterocycles. The maximum Gasteiger partial charge on any atom is 0.0706 e. The van der Waals surface area contributed by atoms with E-state index in [4.69, 9.17) is 5.73 Å². The van der Waals surface area contributed by atoms with Crippen LogP contribution in [0.4, 0.5) is 0 Å². The van der Waals surface area contributed by atoms with E-state index in [-0.39, 0.29) is 0 Å². The summed E-state index contributed by atoms with van der Waals surface area (Å²) in [6.45, 7) is 2.11. The Morgan fingerprint density at radius 2 is 1.14 bits per heavy atom. The molecule has 0 aliphatic carbocycles. The molecule has 0 aromatic heterocycles. The van der Waals surface area contributed by atoms with Crippen LogP contribution in [-0.4, -0.2) is 0 Å². The molecule has 0 fully saturated rings. The predicted octanol–water partition coefficient (Wildman–Crippen LogP) is 4.44. The largest absolute Gasteiger partial charge is 0.317 e. The van der Waals surface area contributed by atoms with Gasteiger partial charge < -0.3 is 5.73 Å². The Labute approximate surface area is 132 Å². The summed E-state index contributed by atoms with van der Waals surface area (Å²) in [5.74, 6) is 0. The summed E-state index contributed by atoms with van der Waals surface area (Å²) >= 11 is 0. The second kappa shape index (κ2) is 6.17. The third-order valence-corrected chi connectivity index (χ3v) is 4.18. The molecule has 0 amide bonds. The Balaban J connectivity index is 2.05. The summed E-state index contributed by atoms with van der Waals surface area (Å²) in [5, 5.41) is 0. The zero-order valence-corrected chi connectivity index (χ0v) is 12.9. The molecule has 0 saturated carbocycles. The van der Waals surface area contributed by atoms with Crippen LogP contribution >= 0.6 is 0 Å². The first-order valence-electron chi connectivity index (χ1n) is 7.64. The first-order chi connectivity index (χ1) is 10.7. The van der Waals surface area contributed by atoms with Crippen molar-refractivity contribution >= 4 is 0 Å². The number of hydrogen-bond donors (Lipinski definition) is 1. The molecule has 0 unspecified atom stereocenters. The van der Waals surface area contributed by atoms with Crippen molar-refractivity contribution in [2.24, 2.45) is 5.73 Å². The predicted molar refractivity (Wildman–Crippen MR) is 92.7 cm³/mol. The summed E-state index contributed by atoms with van der Waals surface area (Å²) < 4.78 is 0. The van der Waals surface area contributed by atoms with Crippen LogP contribution in [0.5, 0.6) is 0 Å². The van der Waals surface area contributed by atoms with Gasteiger partial charge in [0, 0.05) is 0 Å². The fraction of sp³-hybridized carbons (Fsp3) is 0.143. The van der Waals surface area contributed by atoms with Gasteiger partial charge in [0.15, 0.2) is 0 Å². The standard InChI is InChI=1S/C21H21N/c1-17-12-14-18(15-13-17)16-21(22,19-8-4-2-5-9-19)20-10-6-3-7-11-20/h2-15H,16,22H2,1H3. The highest BCUT2D eigenvalue weighted by Gasteiger charge is 2.29. The first kappa shape index (κ1) is 14.6. The van der Waals surface area contributed by atoms with Gasteiger partial charge in [-0.1, -0.05) is 90.5 Å². The number of rotatable bonds is 4. The van der Waals surface area contributed by atoms with Crippen molar-refractivity contribution < 1.29 is 0 Å². The van der Waals surface area contributed by atoms with Gasteiger partial charge in [-0.2, -0.15) is 0 Å². The molecule has 0 atom stereocenters. The smallest absolute Gasteiger partial charge is 0.0706 e. The molecule has 0 aliphatic rings. The number of nitrogens with two attached hydrogens (primary N) is 1. The molecule has 2 N–H and O–H groups in total. The molecule has 3 rings (SSSR count). The van der Waals surface area contributed by atoms with E-state index in [1.165, 1.54) is 11.1 Å². The highest BCUT2D eigenvalue weighted by atomic mass is 14.7. The van der Waals surface area contributed by atoms with Crippen LogP contribution in [0.15, 0.2) is 84.9 Å². The summed E-state index contributed by atoms with van der Waals surface area (Å²) in [6, 6.07) is 29.3. The highest BCUT2D eigenvalue weighted by molar-refractivity contribution is 5.40. The maximum atomic E-state index is 6.91. The van der Waals surface area contributed by atoms with Crippen LogP contribution in [0.25, 0.3) is 0 Å². The topological polar surface area (TPSA) is 26.0 Å². The molecule has 0 heterocycles. The van der Waals surface area contributed by atoms with Gasteiger partial charge in [0.05, 0.1) is 5.54 Å². The van der Waals surface area contributed by atoms with Crippen molar-refractivity contribution in [1.82, 2.24) is 0 Å². The molecule has 0 spiro atoms. The minimum Gasteiger partial charge on any atom is -0.317 e. The van der Waals surface area contributed by atoms with Gasteiger partial charge in [-0.15, -0.1) is 0 Å². The van der Waals surface area contributed by atoms with Crippen LogP contribution < -0.4 is 5.73 Å². The first-order valence-corrected chi connectivity index (χ1v) is 7.64. The van der Waals surface area contributed by atoms with Crippen molar-refractivity contribution in [2.45, 2.75) is 18.9 Å². The summed E-state index contributed by atoms with van der Waals surface area (Å²) in [4.78, 5) is 0. The van der Waals surface area contributed by atoms with E-state index in [2.05, 4.69) is 79.7 Å². The van der Waals surface area contributed by atoms with Crippen molar-refractivity contribution in [2.75, 3.05) is 0 Å². The fourth-order valence-corrected chi connectivity index (χ4v) is 2.87. The van der Waals surface area contributed by atoms with Gasteiger partial charge in [-0.05, 0) is 30.0 Å². The molecular formula is C21H21N. The minimum atomic E-state index is -0.516. The molecule has 22 heavy (non-hydrogen) atoms. The lowest BCUT2D eigenvalue weighted by atomic mass is 9.79. The lowest BCUT2D eigenvalue weighted by Gasteiger charge is -2.31. The second-order valence-electron chi connectivity index (χ2n) is 5.87. The molecule has 3 aromatic carbocycles. The molecule has 0 aliphatic heterocycles. The normalized spacial score (nSPS) is 11.4. The minimum absolute atomic E-state index is 0.516.